The van der Waals surface area contributed by atoms with Crippen LogP contribution in [0.15, 0.2) is 40.2 Å². The number of hydrogen-bond acceptors (Lipinski definition) is 1. The minimum absolute atomic E-state index is 0.300. The summed E-state index contributed by atoms with van der Waals surface area (Å²) in [6.45, 7) is 2.11. The van der Waals surface area contributed by atoms with Gasteiger partial charge in [-0.3, -0.25) is 0 Å². The van der Waals surface area contributed by atoms with Crippen LogP contribution in [0.2, 0.25) is 0 Å². The van der Waals surface area contributed by atoms with Crippen LogP contribution in [0.5, 0.6) is 0 Å². The lowest BCUT2D eigenvalue weighted by Crippen LogP contribution is -1.90. The molecule has 1 atom stereocenters. The first-order valence-corrected chi connectivity index (χ1v) is 7.20. The Hall–Kier alpha value is -0.120. The maximum absolute atomic E-state index is 3.73. The van der Waals surface area contributed by atoms with Crippen molar-refractivity contribution in [3.63, 3.8) is 0 Å². The zero-order valence-corrected chi connectivity index (χ0v) is 12.2. The van der Waals surface area contributed by atoms with Gasteiger partial charge in [-0.25, -0.2) is 0 Å². The van der Waals surface area contributed by atoms with Crippen molar-refractivity contribution in [1.82, 2.24) is 0 Å². The van der Waals surface area contributed by atoms with E-state index in [1.807, 2.05) is 0 Å². The number of aryl methyl sites for hydroxylation is 1. The van der Waals surface area contributed by atoms with E-state index in [1.165, 1.54) is 16.0 Å². The van der Waals surface area contributed by atoms with Gasteiger partial charge in [0, 0.05) is 9.35 Å². The van der Waals surface area contributed by atoms with Crippen molar-refractivity contribution in [3.8, 4) is 0 Å². The van der Waals surface area contributed by atoms with Gasteiger partial charge >= 0.3 is 0 Å². The van der Waals surface area contributed by atoms with Crippen LogP contribution in [-0.2, 0) is 0 Å². The second kappa shape index (κ2) is 4.81. The monoisotopic (exact) mass is 344 g/mol. The fourth-order valence-corrected chi connectivity index (χ4v) is 3.60. The van der Waals surface area contributed by atoms with Gasteiger partial charge in [0.25, 0.3) is 0 Å². The molecule has 0 N–H and O–H groups in total. The smallest absolute Gasteiger partial charge is 0.0738 e. The van der Waals surface area contributed by atoms with Gasteiger partial charge in [-0.1, -0.05) is 44.0 Å². The highest BCUT2D eigenvalue weighted by molar-refractivity contribution is 9.10. The first-order valence-electron chi connectivity index (χ1n) is 4.61. The summed E-state index contributed by atoms with van der Waals surface area (Å²) in [4.78, 5) is 1.64. The lowest BCUT2D eigenvalue weighted by atomic mass is 10.1. The average Bonchev–Trinajstić information content (AvgIpc) is 2.67. The van der Waals surface area contributed by atoms with E-state index in [9.17, 15) is 0 Å². The molecular weight excluding hydrogens is 336 g/mol. The zero-order valence-electron chi connectivity index (χ0n) is 8.21. The lowest BCUT2D eigenvalue weighted by molar-refractivity contribution is 1.20. The van der Waals surface area contributed by atoms with Gasteiger partial charge in [-0.2, -0.15) is 0 Å². The number of alkyl halides is 1. The van der Waals surface area contributed by atoms with E-state index < -0.39 is 0 Å². The van der Waals surface area contributed by atoms with Gasteiger partial charge in [0.05, 0.1) is 4.83 Å². The third-order valence-electron chi connectivity index (χ3n) is 2.15. The van der Waals surface area contributed by atoms with Crippen LogP contribution in [0.1, 0.15) is 20.8 Å². The van der Waals surface area contributed by atoms with E-state index in [-0.39, 0.29) is 0 Å². The third kappa shape index (κ3) is 2.71. The molecule has 0 amide bonds. The normalized spacial score (nSPS) is 12.7. The molecule has 0 saturated carbocycles. The summed E-state index contributed by atoms with van der Waals surface area (Å²) in [7, 11) is 0. The van der Waals surface area contributed by atoms with Crippen LogP contribution in [0.25, 0.3) is 0 Å². The lowest BCUT2D eigenvalue weighted by Gasteiger charge is -2.09. The first-order chi connectivity index (χ1) is 7.16. The van der Waals surface area contributed by atoms with Gasteiger partial charge in [0.15, 0.2) is 0 Å². The minimum atomic E-state index is 0.300. The molecule has 1 unspecified atom stereocenters. The second-order valence-electron chi connectivity index (χ2n) is 3.44. The molecule has 1 aromatic heterocycles. The van der Waals surface area contributed by atoms with E-state index in [1.54, 1.807) is 11.3 Å². The second-order valence-corrected chi connectivity index (χ2v) is 6.25. The SMILES string of the molecule is Cc1cc(Br)cc(C(Br)c2cccs2)c1. The maximum Gasteiger partial charge on any atom is 0.0738 e. The van der Waals surface area contributed by atoms with Crippen molar-refractivity contribution in [2.75, 3.05) is 0 Å². The van der Waals surface area contributed by atoms with Crippen molar-refractivity contribution in [1.29, 1.82) is 0 Å². The fourth-order valence-electron chi connectivity index (χ4n) is 1.51. The highest BCUT2D eigenvalue weighted by Gasteiger charge is 2.11. The Bertz CT molecular complexity index is 428. The summed E-state index contributed by atoms with van der Waals surface area (Å²) in [5, 5.41) is 2.11. The maximum atomic E-state index is 3.73. The molecule has 0 spiro atoms. The molecule has 0 fully saturated rings. The van der Waals surface area contributed by atoms with E-state index >= 15 is 0 Å². The highest BCUT2D eigenvalue weighted by Crippen LogP contribution is 2.35. The molecule has 1 aromatic carbocycles. The Morgan fingerprint density at radius 2 is 2.07 bits per heavy atom. The molecule has 0 radical (unpaired) electrons. The van der Waals surface area contributed by atoms with E-state index in [0.29, 0.717) is 4.83 Å². The van der Waals surface area contributed by atoms with E-state index in [4.69, 9.17) is 0 Å². The number of benzene rings is 1. The van der Waals surface area contributed by atoms with Crippen molar-refractivity contribution in [2.24, 2.45) is 0 Å². The molecule has 2 aromatic rings. The molecule has 0 bridgehead atoms. The van der Waals surface area contributed by atoms with Gasteiger partial charge in [0.1, 0.15) is 0 Å². The van der Waals surface area contributed by atoms with Crippen LogP contribution in [-0.4, -0.2) is 0 Å². The topological polar surface area (TPSA) is 0 Å². The fraction of sp³-hybridized carbons (Fsp3) is 0.167. The zero-order chi connectivity index (χ0) is 10.8. The largest absolute Gasteiger partial charge is 0.147 e. The predicted molar refractivity (Wildman–Crippen MR) is 74.0 cm³/mol. The molecule has 0 aliphatic heterocycles. The van der Waals surface area contributed by atoms with Crippen LogP contribution < -0.4 is 0 Å². The Morgan fingerprint density at radius 1 is 1.27 bits per heavy atom. The van der Waals surface area contributed by atoms with Crippen LogP contribution >= 0.6 is 43.2 Å². The van der Waals surface area contributed by atoms with Gasteiger partial charge in [-0.05, 0) is 41.6 Å². The third-order valence-corrected chi connectivity index (χ3v) is 4.87. The molecular formula is C12H10Br2S. The molecule has 0 saturated heterocycles. The Kier molecular flexibility index (Phi) is 3.65. The minimum Gasteiger partial charge on any atom is -0.147 e. The number of halogens is 2. The molecule has 0 aliphatic rings. The first kappa shape index (κ1) is 11.4. The predicted octanol–water partition coefficient (Wildman–Crippen LogP) is 5.30. The van der Waals surface area contributed by atoms with Crippen molar-refractivity contribution >= 4 is 43.2 Å². The van der Waals surface area contributed by atoms with Gasteiger partial charge in [-0.15, -0.1) is 11.3 Å². The molecule has 0 aliphatic carbocycles. The molecule has 15 heavy (non-hydrogen) atoms. The summed E-state index contributed by atoms with van der Waals surface area (Å²) in [6, 6.07) is 10.7. The summed E-state index contributed by atoms with van der Waals surface area (Å²) in [5.41, 5.74) is 2.57. The molecule has 1 heterocycles. The molecule has 0 nitrogen and oxygen atoms in total. The highest BCUT2D eigenvalue weighted by atomic mass is 79.9. The number of rotatable bonds is 2. The van der Waals surface area contributed by atoms with Crippen LogP contribution in [0.4, 0.5) is 0 Å². The number of thiophene rings is 1. The van der Waals surface area contributed by atoms with Gasteiger partial charge < -0.3 is 0 Å². The quantitative estimate of drug-likeness (QED) is 0.647. The molecule has 78 valence electrons. The Morgan fingerprint density at radius 3 is 2.67 bits per heavy atom. The Labute approximate surface area is 111 Å². The van der Waals surface area contributed by atoms with E-state index in [2.05, 4.69) is 74.5 Å². The standard InChI is InChI=1S/C12H10Br2S/c1-8-5-9(7-10(13)6-8)12(14)11-3-2-4-15-11/h2-7,12H,1H3. The average molecular weight is 346 g/mol. The van der Waals surface area contributed by atoms with Crippen molar-refractivity contribution < 1.29 is 0 Å². The number of hydrogen-bond donors (Lipinski definition) is 0. The summed E-state index contributed by atoms with van der Waals surface area (Å²) < 4.78 is 1.14. The Balaban J connectivity index is 2.37. The molecule has 3 heteroatoms. The van der Waals surface area contributed by atoms with Crippen LogP contribution in [0.3, 0.4) is 0 Å². The summed E-state index contributed by atoms with van der Waals surface area (Å²) in [6.07, 6.45) is 0. The van der Waals surface area contributed by atoms with Crippen molar-refractivity contribution in [3.05, 3.63) is 56.2 Å². The van der Waals surface area contributed by atoms with Crippen molar-refractivity contribution in [2.45, 2.75) is 11.8 Å². The van der Waals surface area contributed by atoms with E-state index in [0.717, 1.165) is 4.47 Å². The summed E-state index contributed by atoms with van der Waals surface area (Å²) >= 11 is 9.03. The summed E-state index contributed by atoms with van der Waals surface area (Å²) in [5.74, 6) is 0. The van der Waals surface area contributed by atoms with Crippen LogP contribution in [0, 0.1) is 6.92 Å². The van der Waals surface area contributed by atoms with Gasteiger partial charge in [0.2, 0.25) is 0 Å². The molecule has 2 rings (SSSR count).